The third kappa shape index (κ3) is 3.86. The lowest BCUT2D eigenvalue weighted by atomic mass is 9.81. The zero-order valence-electron chi connectivity index (χ0n) is 19.3. The topological polar surface area (TPSA) is 79.9 Å². The predicted molar refractivity (Wildman–Crippen MR) is 134 cm³/mol. The molecule has 0 bridgehead atoms. The molecule has 0 fully saturated rings. The number of para-hydroxylation sites is 2. The van der Waals surface area contributed by atoms with Crippen LogP contribution in [-0.4, -0.2) is 10.2 Å². The number of ether oxygens (including phenoxy) is 1. The van der Waals surface area contributed by atoms with Gasteiger partial charge in [-0.25, -0.2) is 4.79 Å². The molecule has 1 aliphatic heterocycles. The minimum Gasteiger partial charge on any atom is -0.507 e. The molecule has 2 N–H and O–H groups in total. The van der Waals surface area contributed by atoms with Gasteiger partial charge in [-0.2, -0.15) is 0 Å². The molecule has 1 unspecified atom stereocenters. The Balaban J connectivity index is 0.00000133. The van der Waals surface area contributed by atoms with Gasteiger partial charge in [0.1, 0.15) is 28.6 Å². The number of rotatable bonds is 3. The fourth-order valence-corrected chi connectivity index (χ4v) is 4.15. The fraction of sp³-hybridized carbons (Fsp3) is 0.138. The average molecular weight is 455 g/mol. The van der Waals surface area contributed by atoms with E-state index in [2.05, 4.69) is 6.58 Å². The average Bonchev–Trinajstić information content (AvgIpc) is 2.85. The molecule has 1 aromatic heterocycles. The van der Waals surface area contributed by atoms with Gasteiger partial charge in [-0.3, -0.25) is 0 Å². The Bertz CT molecular complexity index is 1460. The van der Waals surface area contributed by atoms with Crippen molar-refractivity contribution in [3.05, 3.63) is 123 Å². The maximum absolute atomic E-state index is 13.1. The van der Waals surface area contributed by atoms with Crippen molar-refractivity contribution in [3.8, 4) is 11.5 Å². The van der Waals surface area contributed by atoms with Crippen LogP contribution in [0.4, 0.5) is 0 Å². The molecule has 0 amide bonds. The molecule has 5 rings (SSSR count). The molecule has 0 aliphatic carbocycles. The van der Waals surface area contributed by atoms with Crippen LogP contribution in [0.25, 0.3) is 16.7 Å². The highest BCUT2D eigenvalue weighted by molar-refractivity contribution is 5.85. The lowest BCUT2D eigenvalue weighted by Gasteiger charge is -2.28. The minimum atomic E-state index is -0.864. The highest BCUT2D eigenvalue weighted by Gasteiger charge is 2.35. The molecule has 172 valence electrons. The van der Waals surface area contributed by atoms with Crippen molar-refractivity contribution >= 4 is 16.7 Å². The van der Waals surface area contributed by atoms with Crippen molar-refractivity contribution in [3.63, 3.8) is 0 Å². The molecule has 5 nitrogen and oxygen atoms in total. The van der Waals surface area contributed by atoms with E-state index >= 15 is 0 Å². The van der Waals surface area contributed by atoms with Crippen molar-refractivity contribution < 1.29 is 19.4 Å². The predicted octanol–water partition coefficient (Wildman–Crippen LogP) is 6.84. The summed E-state index contributed by atoms with van der Waals surface area (Å²) in [4.78, 5) is 13.1. The summed E-state index contributed by atoms with van der Waals surface area (Å²) in [6.07, 6.45) is 0. The Kier molecular flexibility index (Phi) is 6.28. The first-order valence-electron chi connectivity index (χ1n) is 11.2. The van der Waals surface area contributed by atoms with E-state index in [1.807, 2.05) is 45.0 Å². The molecule has 0 saturated carbocycles. The Morgan fingerprint density at radius 2 is 1.53 bits per heavy atom. The molecule has 0 spiro atoms. The first kappa shape index (κ1) is 22.9. The molecule has 1 aliphatic rings. The van der Waals surface area contributed by atoms with Crippen LogP contribution >= 0.6 is 0 Å². The number of fused-ring (bicyclic) bond motifs is 2. The molecule has 34 heavy (non-hydrogen) atoms. The van der Waals surface area contributed by atoms with E-state index in [1.54, 1.807) is 48.5 Å². The Morgan fingerprint density at radius 3 is 2.26 bits per heavy atom. The molecule has 5 heteroatoms. The number of aliphatic hydroxyl groups excluding tert-OH is 1. The van der Waals surface area contributed by atoms with Crippen LogP contribution in [0.15, 0.2) is 99.9 Å². The molecule has 0 radical (unpaired) electrons. The number of aromatic hydroxyl groups is 1. The summed E-state index contributed by atoms with van der Waals surface area (Å²) in [5.74, 6) is -0.462. The Morgan fingerprint density at radius 1 is 0.882 bits per heavy atom. The second-order valence-corrected chi connectivity index (χ2v) is 7.78. The van der Waals surface area contributed by atoms with Gasteiger partial charge >= 0.3 is 5.63 Å². The van der Waals surface area contributed by atoms with E-state index in [-0.39, 0.29) is 28.4 Å². The van der Waals surface area contributed by atoms with Crippen molar-refractivity contribution in [1.29, 1.82) is 0 Å². The quantitative estimate of drug-likeness (QED) is 0.331. The van der Waals surface area contributed by atoms with Crippen molar-refractivity contribution in [2.75, 3.05) is 0 Å². The van der Waals surface area contributed by atoms with Crippen LogP contribution < -0.4 is 10.4 Å². The summed E-state index contributed by atoms with van der Waals surface area (Å²) in [6, 6.07) is 21.3. The summed E-state index contributed by atoms with van der Waals surface area (Å²) >= 11 is 0. The number of aryl methyl sites for hydroxylation is 1. The second kappa shape index (κ2) is 9.32. The number of allylic oxidation sites excluding steroid dienone is 1. The standard InChI is InChI=1S/C27H20O5.C2H6/c1-15-11-13-17(14-12-15)23(22-16(2)31-20-9-5-3-7-18(20)25(22)28)24-26(29)19-8-4-6-10-21(19)32-27(24)30;1-2/h3-14,23,28-29H,2H2,1H3;1-2H3. The third-order valence-corrected chi connectivity index (χ3v) is 5.74. The van der Waals surface area contributed by atoms with Gasteiger partial charge in [0.25, 0.3) is 0 Å². The van der Waals surface area contributed by atoms with Crippen LogP contribution in [0, 0.1) is 6.92 Å². The zero-order chi connectivity index (χ0) is 24.4. The van der Waals surface area contributed by atoms with Gasteiger partial charge < -0.3 is 19.4 Å². The van der Waals surface area contributed by atoms with Gasteiger partial charge in [0, 0.05) is 5.57 Å². The summed E-state index contributed by atoms with van der Waals surface area (Å²) in [5.41, 5.74) is 2.09. The van der Waals surface area contributed by atoms with Crippen LogP contribution in [-0.2, 0) is 0 Å². The molecule has 3 aromatic carbocycles. The van der Waals surface area contributed by atoms with E-state index in [1.165, 1.54) is 0 Å². The Hall–Kier alpha value is -4.25. The maximum Gasteiger partial charge on any atom is 0.344 e. The Labute approximate surface area is 197 Å². The van der Waals surface area contributed by atoms with Crippen LogP contribution in [0.3, 0.4) is 0 Å². The van der Waals surface area contributed by atoms with Gasteiger partial charge in [-0.05, 0) is 36.8 Å². The van der Waals surface area contributed by atoms with E-state index in [0.29, 0.717) is 27.8 Å². The second-order valence-electron chi connectivity index (χ2n) is 7.78. The largest absolute Gasteiger partial charge is 0.507 e. The zero-order valence-corrected chi connectivity index (χ0v) is 19.3. The van der Waals surface area contributed by atoms with Gasteiger partial charge in [-0.15, -0.1) is 0 Å². The van der Waals surface area contributed by atoms with E-state index in [4.69, 9.17) is 9.15 Å². The number of hydrogen-bond acceptors (Lipinski definition) is 5. The third-order valence-electron chi connectivity index (χ3n) is 5.74. The number of hydrogen-bond donors (Lipinski definition) is 2. The SMILES string of the molecule is C=C1Oc2ccccc2C(O)=C1C(c1ccc(C)cc1)c1c(O)c2ccccc2oc1=O.CC. The molecule has 4 aromatic rings. The van der Waals surface area contributed by atoms with Crippen molar-refractivity contribution in [2.24, 2.45) is 0 Å². The van der Waals surface area contributed by atoms with E-state index in [9.17, 15) is 15.0 Å². The van der Waals surface area contributed by atoms with Crippen LogP contribution in [0.1, 0.15) is 42.0 Å². The lowest BCUT2D eigenvalue weighted by molar-refractivity contribution is 0.399. The van der Waals surface area contributed by atoms with Crippen LogP contribution in [0.2, 0.25) is 0 Å². The summed E-state index contributed by atoms with van der Waals surface area (Å²) in [6.45, 7) is 9.96. The van der Waals surface area contributed by atoms with Gasteiger partial charge in [-0.1, -0.05) is 74.5 Å². The van der Waals surface area contributed by atoms with E-state index < -0.39 is 11.5 Å². The molecular formula is C29H26O5. The highest BCUT2D eigenvalue weighted by Crippen LogP contribution is 2.46. The molecule has 2 heterocycles. The first-order chi connectivity index (χ1) is 16.5. The molecule has 1 atom stereocenters. The summed E-state index contributed by atoms with van der Waals surface area (Å²) in [7, 11) is 0. The lowest BCUT2D eigenvalue weighted by Crippen LogP contribution is -2.21. The fourth-order valence-electron chi connectivity index (χ4n) is 4.15. The highest BCUT2D eigenvalue weighted by atomic mass is 16.5. The monoisotopic (exact) mass is 454 g/mol. The smallest absolute Gasteiger partial charge is 0.344 e. The van der Waals surface area contributed by atoms with Crippen LogP contribution in [0.5, 0.6) is 11.5 Å². The number of benzene rings is 3. The first-order valence-corrected chi connectivity index (χ1v) is 11.2. The summed E-state index contributed by atoms with van der Waals surface area (Å²) < 4.78 is 11.4. The van der Waals surface area contributed by atoms with E-state index in [0.717, 1.165) is 5.56 Å². The summed E-state index contributed by atoms with van der Waals surface area (Å²) in [5, 5.41) is 22.8. The number of aliphatic hydroxyl groups is 1. The molecule has 0 saturated heterocycles. The van der Waals surface area contributed by atoms with Crippen molar-refractivity contribution in [1.82, 2.24) is 0 Å². The van der Waals surface area contributed by atoms with Gasteiger partial charge in [0.2, 0.25) is 0 Å². The van der Waals surface area contributed by atoms with Crippen molar-refractivity contribution in [2.45, 2.75) is 26.7 Å². The maximum atomic E-state index is 13.1. The molecular weight excluding hydrogens is 428 g/mol. The minimum absolute atomic E-state index is 0.0123. The van der Waals surface area contributed by atoms with Gasteiger partial charge in [0.05, 0.1) is 22.4 Å². The van der Waals surface area contributed by atoms with Gasteiger partial charge in [0.15, 0.2) is 0 Å². The normalized spacial score (nSPS) is 13.6.